The molecule has 19 heavy (non-hydrogen) atoms. The van der Waals surface area contributed by atoms with Crippen LogP contribution in [-0.4, -0.2) is 9.55 Å². The van der Waals surface area contributed by atoms with Crippen molar-refractivity contribution in [3.63, 3.8) is 0 Å². The first-order chi connectivity index (χ1) is 9.22. The van der Waals surface area contributed by atoms with Gasteiger partial charge >= 0.3 is 0 Å². The van der Waals surface area contributed by atoms with Crippen molar-refractivity contribution in [1.29, 1.82) is 0 Å². The van der Waals surface area contributed by atoms with E-state index in [0.717, 1.165) is 25.3 Å². The smallest absolute Gasteiger partial charge is 0.122 e. The summed E-state index contributed by atoms with van der Waals surface area (Å²) < 4.78 is 2.22. The highest BCUT2D eigenvalue weighted by Crippen LogP contribution is 2.17. The van der Waals surface area contributed by atoms with Crippen molar-refractivity contribution in [2.75, 3.05) is 0 Å². The average molecular weight is 257 g/mol. The van der Waals surface area contributed by atoms with Gasteiger partial charge in [0.25, 0.3) is 0 Å². The third-order valence-corrected chi connectivity index (χ3v) is 3.49. The van der Waals surface area contributed by atoms with E-state index in [0.29, 0.717) is 6.04 Å². The van der Waals surface area contributed by atoms with Gasteiger partial charge in [-0.3, -0.25) is 0 Å². The molecule has 0 bridgehead atoms. The minimum Gasteiger partial charge on any atom is -0.334 e. The Balaban J connectivity index is 1.98. The highest BCUT2D eigenvalue weighted by molar-refractivity contribution is 5.28. The minimum atomic E-state index is 0.341. The Morgan fingerprint density at radius 2 is 2.11 bits per heavy atom. The fourth-order valence-electron chi connectivity index (χ4n) is 2.38. The summed E-state index contributed by atoms with van der Waals surface area (Å²) in [6.07, 6.45) is 5.07. The maximum absolute atomic E-state index is 4.42. The summed E-state index contributed by atoms with van der Waals surface area (Å²) in [6.45, 7) is 8.40. The van der Waals surface area contributed by atoms with E-state index < -0.39 is 0 Å². The number of rotatable bonds is 6. The number of hydrogen-bond donors (Lipinski definition) is 1. The van der Waals surface area contributed by atoms with Gasteiger partial charge in [0.15, 0.2) is 0 Å². The Morgan fingerprint density at radius 3 is 2.84 bits per heavy atom. The Labute approximate surface area is 115 Å². The molecule has 1 unspecified atom stereocenters. The number of nitrogens with zero attached hydrogens (tertiary/aromatic N) is 2. The van der Waals surface area contributed by atoms with Crippen LogP contribution in [0.15, 0.2) is 36.7 Å². The molecule has 1 N–H and O–H groups in total. The number of nitrogens with one attached hydrogen (secondary N) is 1. The summed E-state index contributed by atoms with van der Waals surface area (Å²) >= 11 is 0. The number of aromatic nitrogens is 2. The van der Waals surface area contributed by atoms with Crippen molar-refractivity contribution < 1.29 is 0 Å². The third kappa shape index (κ3) is 3.44. The highest BCUT2D eigenvalue weighted by Gasteiger charge is 2.09. The van der Waals surface area contributed by atoms with Gasteiger partial charge in [-0.05, 0) is 31.4 Å². The van der Waals surface area contributed by atoms with E-state index in [1.165, 1.54) is 11.1 Å². The van der Waals surface area contributed by atoms with Crippen molar-refractivity contribution in [1.82, 2.24) is 14.9 Å². The lowest BCUT2D eigenvalue weighted by molar-refractivity contribution is 0.530. The number of hydrogen-bond acceptors (Lipinski definition) is 2. The molecule has 0 amide bonds. The van der Waals surface area contributed by atoms with Gasteiger partial charge in [0, 0.05) is 25.0 Å². The van der Waals surface area contributed by atoms with Crippen LogP contribution in [-0.2, 0) is 13.1 Å². The molecule has 1 aromatic carbocycles. The molecule has 1 aromatic heterocycles. The van der Waals surface area contributed by atoms with Gasteiger partial charge in [-0.15, -0.1) is 0 Å². The Bertz CT molecular complexity index is 516. The molecule has 1 atom stereocenters. The fourth-order valence-corrected chi connectivity index (χ4v) is 2.38. The topological polar surface area (TPSA) is 29.9 Å². The van der Waals surface area contributed by atoms with Gasteiger partial charge in [0.2, 0.25) is 0 Å². The van der Waals surface area contributed by atoms with Crippen LogP contribution in [0.1, 0.15) is 43.3 Å². The second-order valence-corrected chi connectivity index (χ2v) is 5.00. The van der Waals surface area contributed by atoms with Crippen LogP contribution in [0.5, 0.6) is 0 Å². The molecule has 0 radical (unpaired) electrons. The lowest BCUT2D eigenvalue weighted by Crippen LogP contribution is -2.21. The quantitative estimate of drug-likeness (QED) is 0.859. The second kappa shape index (κ2) is 6.53. The largest absolute Gasteiger partial charge is 0.334 e. The van der Waals surface area contributed by atoms with Crippen LogP contribution >= 0.6 is 0 Å². The van der Waals surface area contributed by atoms with Crippen molar-refractivity contribution in [3.8, 4) is 0 Å². The monoisotopic (exact) mass is 257 g/mol. The van der Waals surface area contributed by atoms with E-state index in [1.807, 2.05) is 6.20 Å². The van der Waals surface area contributed by atoms with Gasteiger partial charge in [-0.1, -0.05) is 31.2 Å². The number of imidazole rings is 1. The fraction of sp³-hybridized carbons (Fsp3) is 0.438. The summed E-state index contributed by atoms with van der Waals surface area (Å²) in [5.74, 6) is 1.11. The van der Waals surface area contributed by atoms with E-state index in [4.69, 9.17) is 0 Å². The molecule has 3 nitrogen and oxygen atoms in total. The molecule has 0 saturated heterocycles. The molecular formula is C16H23N3. The summed E-state index contributed by atoms with van der Waals surface area (Å²) in [5, 5.41) is 3.56. The van der Waals surface area contributed by atoms with E-state index in [-0.39, 0.29) is 0 Å². The first-order valence-corrected chi connectivity index (χ1v) is 7.01. The Morgan fingerprint density at radius 1 is 1.32 bits per heavy atom. The first kappa shape index (κ1) is 13.8. The molecule has 0 aliphatic rings. The van der Waals surface area contributed by atoms with Crippen molar-refractivity contribution in [3.05, 3.63) is 53.6 Å². The molecule has 0 saturated carbocycles. The maximum Gasteiger partial charge on any atom is 0.122 e. The summed E-state index contributed by atoms with van der Waals surface area (Å²) in [7, 11) is 0. The molecular weight excluding hydrogens is 234 g/mol. The third-order valence-electron chi connectivity index (χ3n) is 3.49. The second-order valence-electron chi connectivity index (χ2n) is 5.00. The first-order valence-electron chi connectivity index (χ1n) is 7.01. The van der Waals surface area contributed by atoms with Crippen LogP contribution < -0.4 is 5.32 Å². The molecule has 3 heteroatoms. The molecule has 2 aromatic rings. The van der Waals surface area contributed by atoms with Crippen LogP contribution in [0.3, 0.4) is 0 Å². The maximum atomic E-state index is 4.42. The number of benzene rings is 1. The molecule has 1 heterocycles. The Kier molecular flexibility index (Phi) is 4.74. The predicted octanol–water partition coefficient (Wildman–Crippen LogP) is 3.45. The molecule has 102 valence electrons. The molecule has 2 rings (SSSR count). The Hall–Kier alpha value is -1.61. The standard InChI is InChI=1S/C16H23N3/c1-4-10-19-11-9-17-16(19)12-18-14(3)15-8-6-5-7-13(15)2/h5-9,11,14,18H,4,10,12H2,1-3H3. The molecule has 0 aliphatic heterocycles. The normalized spacial score (nSPS) is 12.6. The van der Waals surface area contributed by atoms with Crippen LogP contribution in [0, 0.1) is 6.92 Å². The molecule has 0 spiro atoms. The molecule has 0 aliphatic carbocycles. The van der Waals surface area contributed by atoms with Gasteiger partial charge < -0.3 is 9.88 Å². The summed E-state index contributed by atoms with van der Waals surface area (Å²) in [4.78, 5) is 4.42. The number of aryl methyl sites for hydroxylation is 2. The van der Waals surface area contributed by atoms with E-state index in [2.05, 4.69) is 66.1 Å². The lowest BCUT2D eigenvalue weighted by atomic mass is 10.0. The van der Waals surface area contributed by atoms with Crippen molar-refractivity contribution in [2.45, 2.75) is 46.3 Å². The van der Waals surface area contributed by atoms with Crippen LogP contribution in [0.4, 0.5) is 0 Å². The van der Waals surface area contributed by atoms with Crippen LogP contribution in [0.2, 0.25) is 0 Å². The van der Waals surface area contributed by atoms with Gasteiger partial charge in [0.1, 0.15) is 5.82 Å². The van der Waals surface area contributed by atoms with Crippen molar-refractivity contribution >= 4 is 0 Å². The zero-order chi connectivity index (χ0) is 13.7. The predicted molar refractivity (Wildman–Crippen MR) is 79.0 cm³/mol. The van der Waals surface area contributed by atoms with E-state index in [1.54, 1.807) is 0 Å². The highest BCUT2D eigenvalue weighted by atomic mass is 15.1. The van der Waals surface area contributed by atoms with Crippen LogP contribution in [0.25, 0.3) is 0 Å². The summed E-state index contributed by atoms with van der Waals surface area (Å²) in [6, 6.07) is 8.86. The minimum absolute atomic E-state index is 0.341. The van der Waals surface area contributed by atoms with Gasteiger partial charge in [0.05, 0.1) is 6.54 Å². The lowest BCUT2D eigenvalue weighted by Gasteiger charge is -2.16. The van der Waals surface area contributed by atoms with Gasteiger partial charge in [-0.2, -0.15) is 0 Å². The van der Waals surface area contributed by atoms with Crippen molar-refractivity contribution in [2.24, 2.45) is 0 Å². The zero-order valence-electron chi connectivity index (χ0n) is 12.1. The van der Waals surface area contributed by atoms with Gasteiger partial charge in [-0.25, -0.2) is 4.98 Å². The van der Waals surface area contributed by atoms with E-state index in [9.17, 15) is 0 Å². The average Bonchev–Trinajstić information content (AvgIpc) is 2.84. The SMILES string of the molecule is CCCn1ccnc1CNC(C)c1ccccc1C. The zero-order valence-corrected chi connectivity index (χ0v) is 12.1. The van der Waals surface area contributed by atoms with E-state index >= 15 is 0 Å². The summed E-state index contributed by atoms with van der Waals surface area (Å²) in [5.41, 5.74) is 2.69. The molecule has 0 fully saturated rings.